The maximum absolute atomic E-state index is 12.5. The number of rotatable bonds is 4. The molecule has 0 saturated carbocycles. The summed E-state index contributed by atoms with van der Waals surface area (Å²) in [5.41, 5.74) is 1.90. The molecule has 0 unspecified atom stereocenters. The Kier molecular flexibility index (Phi) is 5.02. The van der Waals surface area contributed by atoms with E-state index in [0.717, 1.165) is 16.5 Å². The largest absolute Gasteiger partial charge is 0.465 e. The van der Waals surface area contributed by atoms with Crippen molar-refractivity contribution in [1.82, 2.24) is 0 Å². The Morgan fingerprint density at radius 3 is 2.37 bits per heavy atom. The van der Waals surface area contributed by atoms with E-state index in [1.54, 1.807) is 24.3 Å². The summed E-state index contributed by atoms with van der Waals surface area (Å²) in [6, 6.07) is 18.0. The number of benzene rings is 3. The summed E-state index contributed by atoms with van der Waals surface area (Å²) in [6.07, 6.45) is 3.24. The number of carbonyl (C=O) groups excluding carboxylic acids is 2. The molecule has 148 valence electrons. The first kappa shape index (κ1) is 19.3. The average molecular weight is 398 g/mol. The zero-order valence-corrected chi connectivity index (χ0v) is 16.5. The fraction of sp³-hybridized carbons (Fsp3) is 0.0800. The van der Waals surface area contributed by atoms with Crippen LogP contribution in [0.15, 0.2) is 76.0 Å². The molecular formula is C25H18O5. The van der Waals surface area contributed by atoms with E-state index < -0.39 is 11.6 Å². The molecule has 0 bridgehead atoms. The fourth-order valence-corrected chi connectivity index (χ4v) is 3.35. The van der Waals surface area contributed by atoms with E-state index in [1.165, 1.54) is 19.3 Å². The van der Waals surface area contributed by atoms with Gasteiger partial charge in [0.2, 0.25) is 0 Å². The molecule has 1 aromatic heterocycles. The predicted molar refractivity (Wildman–Crippen MR) is 116 cm³/mol. The Labute approximate surface area is 172 Å². The Hall–Kier alpha value is -3.99. The highest BCUT2D eigenvalue weighted by molar-refractivity contribution is 6.11. The van der Waals surface area contributed by atoms with Gasteiger partial charge in [-0.15, -0.1) is 0 Å². The van der Waals surface area contributed by atoms with Gasteiger partial charge in [-0.25, -0.2) is 9.59 Å². The molecule has 0 amide bonds. The van der Waals surface area contributed by atoms with Gasteiger partial charge in [0.15, 0.2) is 5.78 Å². The van der Waals surface area contributed by atoms with E-state index in [1.807, 2.05) is 43.3 Å². The van der Waals surface area contributed by atoms with Gasteiger partial charge in [0.1, 0.15) is 11.1 Å². The number of allylic oxidation sites excluding steroid dienone is 1. The molecule has 0 spiro atoms. The number of aryl methyl sites for hydroxylation is 1. The van der Waals surface area contributed by atoms with Gasteiger partial charge in [0.05, 0.1) is 7.11 Å². The number of methoxy groups -OCH3 is 1. The summed E-state index contributed by atoms with van der Waals surface area (Å²) in [4.78, 5) is 36.7. The molecule has 0 N–H and O–H groups in total. The van der Waals surface area contributed by atoms with E-state index >= 15 is 0 Å². The molecule has 1 heterocycles. The molecule has 0 fully saturated rings. The Balaban J connectivity index is 1.86. The molecule has 3 aromatic carbocycles. The van der Waals surface area contributed by atoms with Crippen LogP contribution in [-0.2, 0) is 4.74 Å². The molecule has 5 nitrogen and oxygen atoms in total. The van der Waals surface area contributed by atoms with E-state index in [4.69, 9.17) is 4.42 Å². The van der Waals surface area contributed by atoms with Crippen LogP contribution in [0.5, 0.6) is 0 Å². The molecule has 0 aliphatic carbocycles. The van der Waals surface area contributed by atoms with Crippen LogP contribution in [0.2, 0.25) is 0 Å². The topological polar surface area (TPSA) is 73.6 Å². The summed E-state index contributed by atoms with van der Waals surface area (Å²) in [7, 11) is 1.21. The first-order chi connectivity index (χ1) is 14.5. The first-order valence-corrected chi connectivity index (χ1v) is 9.35. The standard InChI is InChI=1S/C25H18O5/c1-15-7-9-16(10-8-15)22(26)12-11-17-13-18-14-21(24(27)29-2)25(28)30-23(18)20-6-4-3-5-19(17)20/h3-14H,1-2H3/b12-11+. The Morgan fingerprint density at radius 2 is 1.67 bits per heavy atom. The molecule has 0 atom stereocenters. The maximum Gasteiger partial charge on any atom is 0.351 e. The molecule has 4 rings (SSSR count). The van der Waals surface area contributed by atoms with Crippen molar-refractivity contribution in [3.8, 4) is 0 Å². The molecule has 0 aliphatic rings. The lowest BCUT2D eigenvalue weighted by Gasteiger charge is -2.08. The lowest BCUT2D eigenvalue weighted by Crippen LogP contribution is -2.15. The fourth-order valence-electron chi connectivity index (χ4n) is 3.35. The summed E-state index contributed by atoms with van der Waals surface area (Å²) < 4.78 is 10.1. The maximum atomic E-state index is 12.5. The number of hydrogen-bond acceptors (Lipinski definition) is 5. The summed E-state index contributed by atoms with van der Waals surface area (Å²) in [5, 5.41) is 2.11. The molecule has 4 aromatic rings. The van der Waals surface area contributed by atoms with Gasteiger partial charge in [0, 0.05) is 16.3 Å². The van der Waals surface area contributed by atoms with Crippen LogP contribution in [0, 0.1) is 6.92 Å². The summed E-state index contributed by atoms with van der Waals surface area (Å²) in [5.74, 6) is -0.875. The van der Waals surface area contributed by atoms with Crippen molar-refractivity contribution in [1.29, 1.82) is 0 Å². The number of hydrogen-bond donors (Lipinski definition) is 0. The Morgan fingerprint density at radius 1 is 0.967 bits per heavy atom. The third-order valence-electron chi connectivity index (χ3n) is 4.93. The molecular weight excluding hydrogens is 380 g/mol. The van der Waals surface area contributed by atoms with Crippen molar-refractivity contribution in [2.75, 3.05) is 7.11 Å². The van der Waals surface area contributed by atoms with Crippen LogP contribution in [0.4, 0.5) is 0 Å². The lowest BCUT2D eigenvalue weighted by atomic mass is 9.99. The zero-order chi connectivity index (χ0) is 21.3. The summed E-state index contributed by atoms with van der Waals surface area (Å²) >= 11 is 0. The number of ether oxygens (including phenoxy) is 1. The van der Waals surface area contributed by atoms with Gasteiger partial charge < -0.3 is 9.15 Å². The summed E-state index contributed by atoms with van der Waals surface area (Å²) in [6.45, 7) is 1.96. The Bertz CT molecular complexity index is 1370. The number of carbonyl (C=O) groups is 2. The van der Waals surface area contributed by atoms with Gasteiger partial charge in [0.25, 0.3) is 0 Å². The first-order valence-electron chi connectivity index (χ1n) is 9.35. The average Bonchev–Trinajstić information content (AvgIpc) is 2.77. The number of esters is 1. The van der Waals surface area contributed by atoms with Crippen LogP contribution in [0.1, 0.15) is 31.8 Å². The highest BCUT2D eigenvalue weighted by Crippen LogP contribution is 2.29. The van der Waals surface area contributed by atoms with Crippen LogP contribution >= 0.6 is 0 Å². The second kappa shape index (κ2) is 7.79. The zero-order valence-electron chi connectivity index (χ0n) is 16.5. The lowest BCUT2D eigenvalue weighted by molar-refractivity contribution is 0.0596. The minimum Gasteiger partial charge on any atom is -0.465 e. The van der Waals surface area contributed by atoms with E-state index in [2.05, 4.69) is 4.74 Å². The highest BCUT2D eigenvalue weighted by Gasteiger charge is 2.16. The van der Waals surface area contributed by atoms with Crippen LogP contribution < -0.4 is 5.63 Å². The van der Waals surface area contributed by atoms with Gasteiger partial charge in [-0.3, -0.25) is 4.79 Å². The van der Waals surface area contributed by atoms with Gasteiger partial charge in [-0.05, 0) is 36.1 Å². The normalized spacial score (nSPS) is 11.3. The van der Waals surface area contributed by atoms with Gasteiger partial charge >= 0.3 is 11.6 Å². The van der Waals surface area contributed by atoms with Crippen molar-refractivity contribution in [2.45, 2.75) is 6.92 Å². The second-order valence-corrected chi connectivity index (χ2v) is 6.93. The minimum atomic E-state index is -0.759. The van der Waals surface area contributed by atoms with Crippen molar-refractivity contribution < 1.29 is 18.7 Å². The molecule has 0 radical (unpaired) electrons. The van der Waals surface area contributed by atoms with Crippen LogP contribution in [-0.4, -0.2) is 18.9 Å². The van der Waals surface area contributed by atoms with E-state index in [-0.39, 0.29) is 11.3 Å². The van der Waals surface area contributed by atoms with Crippen molar-refractivity contribution in [2.24, 2.45) is 0 Å². The minimum absolute atomic E-state index is 0.117. The van der Waals surface area contributed by atoms with Crippen LogP contribution in [0.3, 0.4) is 0 Å². The molecule has 0 aliphatic heterocycles. The monoisotopic (exact) mass is 398 g/mol. The number of fused-ring (bicyclic) bond motifs is 3. The third-order valence-corrected chi connectivity index (χ3v) is 4.93. The molecule has 5 heteroatoms. The smallest absolute Gasteiger partial charge is 0.351 e. The quantitative estimate of drug-likeness (QED) is 0.160. The molecule has 30 heavy (non-hydrogen) atoms. The molecule has 0 saturated heterocycles. The number of ketones is 1. The predicted octanol–water partition coefficient (Wildman–Crippen LogP) is 4.94. The van der Waals surface area contributed by atoms with E-state index in [0.29, 0.717) is 21.9 Å². The van der Waals surface area contributed by atoms with Gasteiger partial charge in [-0.2, -0.15) is 0 Å². The van der Waals surface area contributed by atoms with Gasteiger partial charge in [-0.1, -0.05) is 60.2 Å². The van der Waals surface area contributed by atoms with Crippen molar-refractivity contribution in [3.63, 3.8) is 0 Å². The third kappa shape index (κ3) is 3.53. The highest BCUT2D eigenvalue weighted by atomic mass is 16.5. The SMILES string of the molecule is COC(=O)c1cc2cc(/C=C/C(=O)c3ccc(C)cc3)c3ccccc3c2oc1=O. The van der Waals surface area contributed by atoms with Crippen LogP contribution in [0.25, 0.3) is 27.8 Å². The second-order valence-electron chi connectivity index (χ2n) is 6.93. The van der Waals surface area contributed by atoms with E-state index in [9.17, 15) is 14.4 Å². The van der Waals surface area contributed by atoms with Crippen molar-refractivity contribution >= 4 is 39.6 Å². The van der Waals surface area contributed by atoms with Crippen molar-refractivity contribution in [3.05, 3.63) is 99.4 Å².